The molecule has 1 aromatic heterocycles. The van der Waals surface area contributed by atoms with E-state index in [0.717, 1.165) is 5.57 Å². The highest BCUT2D eigenvalue weighted by molar-refractivity contribution is 9.09. The second kappa shape index (κ2) is 8.91. The Morgan fingerprint density at radius 1 is 1.34 bits per heavy atom. The summed E-state index contributed by atoms with van der Waals surface area (Å²) in [5, 5.41) is 1.93. The van der Waals surface area contributed by atoms with Gasteiger partial charge in [0.1, 0.15) is 11.9 Å². The summed E-state index contributed by atoms with van der Waals surface area (Å²) in [5.74, 6) is 0.522. The van der Waals surface area contributed by atoms with Crippen molar-refractivity contribution in [2.75, 3.05) is 13.2 Å². The van der Waals surface area contributed by atoms with Gasteiger partial charge in [-0.05, 0) is 38.9 Å². The van der Waals surface area contributed by atoms with Gasteiger partial charge in [0.05, 0.1) is 18.8 Å². The van der Waals surface area contributed by atoms with Gasteiger partial charge in [-0.3, -0.25) is 5.43 Å². The zero-order chi connectivity index (χ0) is 22.0. The molecule has 1 aromatic rings. The first-order chi connectivity index (χ1) is 13.2. The maximum Gasteiger partial charge on any atom is 0.422 e. The molecule has 0 unspecified atom stereocenters. The number of hydrogen-bond donors (Lipinski definition) is 1. The number of halogens is 1. The molecule has 0 radical (unpaired) electrons. The summed E-state index contributed by atoms with van der Waals surface area (Å²) in [6.45, 7) is 17.5. The quantitative estimate of drug-likeness (QED) is 0.466. The molecule has 1 N–H and O–H groups in total. The number of carbonyl (C=O) groups excluding carboxylic acids is 1. The fourth-order valence-corrected chi connectivity index (χ4v) is 4.25. The average molecular weight is 488 g/mol. The molecule has 1 aliphatic rings. The molecular formula is C20H34BrN3O4Si. The highest BCUT2D eigenvalue weighted by atomic mass is 79.9. The van der Waals surface area contributed by atoms with Gasteiger partial charge in [-0.1, -0.05) is 42.8 Å². The third-order valence-corrected chi connectivity index (χ3v) is 10.2. The van der Waals surface area contributed by atoms with E-state index in [0.29, 0.717) is 19.0 Å². The summed E-state index contributed by atoms with van der Waals surface area (Å²) in [6.07, 6.45) is 4.73. The molecule has 0 aliphatic carbocycles. The number of ether oxygens (including phenoxy) is 1. The van der Waals surface area contributed by atoms with Crippen LogP contribution in [0.1, 0.15) is 47.4 Å². The molecule has 9 heteroatoms. The minimum atomic E-state index is -1.99. The van der Waals surface area contributed by atoms with Crippen LogP contribution in [0.3, 0.4) is 0 Å². The lowest BCUT2D eigenvalue weighted by Crippen LogP contribution is -2.56. The van der Waals surface area contributed by atoms with Crippen molar-refractivity contribution in [1.29, 1.82) is 0 Å². The molecule has 2 atom stereocenters. The molecule has 0 fully saturated rings. The van der Waals surface area contributed by atoms with E-state index in [2.05, 4.69) is 66.3 Å². The van der Waals surface area contributed by atoms with Crippen molar-refractivity contribution in [2.24, 2.45) is 0 Å². The highest BCUT2D eigenvalue weighted by Crippen LogP contribution is 2.38. The number of oxazole rings is 1. The summed E-state index contributed by atoms with van der Waals surface area (Å²) in [7, 11) is -1.99. The van der Waals surface area contributed by atoms with Crippen LogP contribution in [-0.4, -0.2) is 54.0 Å². The Morgan fingerprint density at radius 2 is 2.00 bits per heavy atom. The van der Waals surface area contributed by atoms with Crippen molar-refractivity contribution in [2.45, 2.75) is 76.1 Å². The first-order valence-corrected chi connectivity index (χ1v) is 13.7. The largest absolute Gasteiger partial charge is 0.445 e. The predicted octanol–water partition coefficient (Wildman–Crippen LogP) is 4.97. The Hall–Kier alpha value is -1.16. The summed E-state index contributed by atoms with van der Waals surface area (Å²) in [4.78, 5) is 16.8. The zero-order valence-corrected chi connectivity index (χ0v) is 21.3. The first kappa shape index (κ1) is 24.1. The van der Waals surface area contributed by atoms with Crippen molar-refractivity contribution >= 4 is 35.9 Å². The fraction of sp³-hybridized carbons (Fsp3) is 0.700. The Morgan fingerprint density at radius 3 is 2.52 bits per heavy atom. The van der Waals surface area contributed by atoms with Gasteiger partial charge < -0.3 is 13.6 Å². The van der Waals surface area contributed by atoms with Crippen LogP contribution >= 0.6 is 15.9 Å². The molecule has 0 aromatic carbocycles. The van der Waals surface area contributed by atoms with Gasteiger partial charge in [-0.15, -0.1) is 0 Å². The summed E-state index contributed by atoms with van der Waals surface area (Å²) in [5.41, 5.74) is 3.18. The van der Waals surface area contributed by atoms with Gasteiger partial charge >= 0.3 is 6.09 Å². The van der Waals surface area contributed by atoms with Crippen molar-refractivity contribution in [3.63, 3.8) is 0 Å². The van der Waals surface area contributed by atoms with Crippen LogP contribution in [0.2, 0.25) is 18.1 Å². The van der Waals surface area contributed by atoms with E-state index in [1.807, 2.05) is 25.8 Å². The standard InChI is InChI=1S/C20H34BrN3O4Si/c1-19(2,3)28-18(25)23-24-12-14(21)11-15(17-22-9-10-26-17)16(24)13-27-29(7,8)20(4,5)6/h9-11,14,16H,12-13H2,1-8H3,(H,23,25)/t14-,16-/m1/s1. The number of aromatic nitrogens is 1. The minimum absolute atomic E-state index is 0.0171. The molecule has 7 nitrogen and oxygen atoms in total. The van der Waals surface area contributed by atoms with Gasteiger partial charge in [0, 0.05) is 16.9 Å². The van der Waals surface area contributed by atoms with Crippen molar-refractivity contribution in [1.82, 2.24) is 15.4 Å². The van der Waals surface area contributed by atoms with Crippen LogP contribution < -0.4 is 5.43 Å². The molecule has 2 rings (SSSR count). The molecule has 164 valence electrons. The Labute approximate surface area is 183 Å². The average Bonchev–Trinajstić information content (AvgIpc) is 3.04. The number of alkyl halides is 1. The number of hydrogen-bond acceptors (Lipinski definition) is 6. The third kappa shape index (κ3) is 6.67. The monoisotopic (exact) mass is 487 g/mol. The summed E-state index contributed by atoms with van der Waals surface area (Å²) < 4.78 is 17.5. The number of nitrogens with one attached hydrogen (secondary N) is 1. The lowest BCUT2D eigenvalue weighted by atomic mass is 10.0. The smallest absolute Gasteiger partial charge is 0.422 e. The van der Waals surface area contributed by atoms with Gasteiger partial charge in [0.15, 0.2) is 8.32 Å². The molecule has 0 saturated heterocycles. The molecular weight excluding hydrogens is 454 g/mol. The van der Waals surface area contributed by atoms with E-state index in [1.54, 1.807) is 12.5 Å². The van der Waals surface area contributed by atoms with Crippen LogP contribution in [0.4, 0.5) is 4.79 Å². The van der Waals surface area contributed by atoms with E-state index in [-0.39, 0.29) is 15.9 Å². The van der Waals surface area contributed by atoms with E-state index in [1.165, 1.54) is 0 Å². The molecule has 1 amide bonds. The molecule has 0 bridgehead atoms. The second-order valence-corrected chi connectivity index (χ2v) is 15.8. The third-order valence-electron chi connectivity index (χ3n) is 5.19. The molecule has 0 saturated carbocycles. The number of rotatable bonds is 5. The molecule has 29 heavy (non-hydrogen) atoms. The van der Waals surface area contributed by atoms with Crippen LogP contribution in [0.25, 0.3) is 5.57 Å². The number of hydrazine groups is 1. The normalized spacial score (nSPS) is 21.6. The van der Waals surface area contributed by atoms with Gasteiger partial charge in [-0.25, -0.2) is 14.8 Å². The fourth-order valence-electron chi connectivity index (χ4n) is 2.65. The molecule has 2 heterocycles. The van der Waals surface area contributed by atoms with Gasteiger partial charge in [-0.2, -0.15) is 0 Å². The topological polar surface area (TPSA) is 76.8 Å². The van der Waals surface area contributed by atoms with Crippen molar-refractivity contribution in [3.05, 3.63) is 24.4 Å². The Bertz CT molecular complexity index is 723. The van der Waals surface area contributed by atoms with Crippen LogP contribution in [0, 0.1) is 0 Å². The van der Waals surface area contributed by atoms with E-state index < -0.39 is 20.0 Å². The number of nitrogens with zero attached hydrogens (tertiary/aromatic N) is 2. The van der Waals surface area contributed by atoms with Gasteiger partial charge in [0.25, 0.3) is 0 Å². The lowest BCUT2D eigenvalue weighted by Gasteiger charge is -2.41. The summed E-state index contributed by atoms with van der Waals surface area (Å²) >= 11 is 3.64. The van der Waals surface area contributed by atoms with Crippen LogP contribution in [-0.2, 0) is 9.16 Å². The lowest BCUT2D eigenvalue weighted by molar-refractivity contribution is 0.0241. The predicted molar refractivity (Wildman–Crippen MR) is 120 cm³/mol. The van der Waals surface area contributed by atoms with Crippen molar-refractivity contribution < 1.29 is 18.4 Å². The highest BCUT2D eigenvalue weighted by Gasteiger charge is 2.40. The Balaban J connectivity index is 2.28. The van der Waals surface area contributed by atoms with Crippen LogP contribution in [0.15, 0.2) is 23.0 Å². The van der Waals surface area contributed by atoms with E-state index in [9.17, 15) is 4.79 Å². The van der Waals surface area contributed by atoms with E-state index in [4.69, 9.17) is 13.6 Å². The summed E-state index contributed by atoms with van der Waals surface area (Å²) in [6, 6.07) is -0.246. The minimum Gasteiger partial charge on any atom is -0.445 e. The SMILES string of the molecule is CC(C)(C)OC(=O)NN1C[C@H](Br)C=C(c2ncco2)[C@H]1CO[Si](C)(C)C(C)(C)C. The second-order valence-electron chi connectivity index (χ2n) is 9.83. The first-order valence-electron chi connectivity index (χ1n) is 9.85. The van der Waals surface area contributed by atoms with Gasteiger partial charge in [0.2, 0.25) is 5.89 Å². The van der Waals surface area contributed by atoms with E-state index >= 15 is 0 Å². The maximum absolute atomic E-state index is 12.5. The molecule has 1 aliphatic heterocycles. The van der Waals surface area contributed by atoms with Crippen molar-refractivity contribution in [3.8, 4) is 0 Å². The Kier molecular flexibility index (Phi) is 7.41. The maximum atomic E-state index is 12.5. The molecule has 0 spiro atoms. The number of amides is 1. The van der Waals surface area contributed by atoms with Crippen LogP contribution in [0.5, 0.6) is 0 Å². The number of carbonyl (C=O) groups is 1. The zero-order valence-electron chi connectivity index (χ0n) is 18.7.